The molecule has 6 nitrogen and oxygen atoms in total. The van der Waals surface area contributed by atoms with Crippen molar-refractivity contribution in [3.05, 3.63) is 41.3 Å². The molecule has 1 aromatic heterocycles. The van der Waals surface area contributed by atoms with Crippen LogP contribution in [0.2, 0.25) is 0 Å². The summed E-state index contributed by atoms with van der Waals surface area (Å²) in [5.74, 6) is 0.739. The van der Waals surface area contributed by atoms with E-state index in [0.717, 1.165) is 24.4 Å². The fourth-order valence-electron chi connectivity index (χ4n) is 2.06. The number of rotatable bonds is 2. The lowest BCUT2D eigenvalue weighted by Crippen LogP contribution is -2.16. The van der Waals surface area contributed by atoms with E-state index in [0.29, 0.717) is 18.0 Å². The molecule has 0 radical (unpaired) electrons. The van der Waals surface area contributed by atoms with Gasteiger partial charge in [0.05, 0.1) is 5.69 Å². The number of carbonyl (C=O) groups is 1. The molecule has 0 atom stereocenters. The Morgan fingerprint density at radius 1 is 1.38 bits per heavy atom. The van der Waals surface area contributed by atoms with E-state index in [1.807, 2.05) is 18.2 Å². The van der Waals surface area contributed by atoms with Crippen LogP contribution < -0.4 is 15.4 Å². The van der Waals surface area contributed by atoms with Gasteiger partial charge in [-0.05, 0) is 25.1 Å². The monoisotopic (exact) mass is 309 g/mol. The number of ether oxygens (including phenoxy) is 1. The first-order valence-electron chi connectivity index (χ1n) is 6.43. The molecule has 0 fully saturated rings. The number of aromatic nitrogens is 1. The molecule has 0 aliphatic carbocycles. The molecule has 2 aromatic rings. The molecule has 1 aliphatic rings. The van der Waals surface area contributed by atoms with E-state index < -0.39 is 0 Å². The number of hydrogen-bond acceptors (Lipinski definition) is 5. The molecule has 0 saturated carbocycles. The van der Waals surface area contributed by atoms with Crippen molar-refractivity contribution in [1.29, 1.82) is 0 Å². The summed E-state index contributed by atoms with van der Waals surface area (Å²) in [5, 5.41) is 9.73. The van der Waals surface area contributed by atoms with Crippen molar-refractivity contribution in [2.45, 2.75) is 13.5 Å². The minimum Gasteiger partial charge on any atom is -0.492 e. The second-order valence-corrected chi connectivity index (χ2v) is 4.63. The van der Waals surface area contributed by atoms with Crippen LogP contribution in [0.25, 0.3) is 0 Å². The normalized spacial score (nSPS) is 13.4. The van der Waals surface area contributed by atoms with Gasteiger partial charge in [-0.3, -0.25) is 4.79 Å². The number of benzene rings is 1. The van der Waals surface area contributed by atoms with Crippen molar-refractivity contribution in [2.75, 3.05) is 18.5 Å². The zero-order valence-electron chi connectivity index (χ0n) is 11.5. The van der Waals surface area contributed by atoms with Crippen LogP contribution in [0.15, 0.2) is 28.8 Å². The van der Waals surface area contributed by atoms with Gasteiger partial charge in [0.25, 0.3) is 5.91 Å². The number of nitrogens with zero attached hydrogens (tertiary/aromatic N) is 1. The van der Waals surface area contributed by atoms with E-state index >= 15 is 0 Å². The predicted octanol–water partition coefficient (Wildman–Crippen LogP) is 2.14. The highest BCUT2D eigenvalue weighted by Crippen LogP contribution is 2.24. The number of anilines is 1. The zero-order valence-corrected chi connectivity index (χ0v) is 12.3. The lowest BCUT2D eigenvalue weighted by molar-refractivity contribution is 0.0988. The molecule has 3 rings (SSSR count). The largest absolute Gasteiger partial charge is 0.492 e. The first-order valence-corrected chi connectivity index (χ1v) is 6.43. The lowest BCUT2D eigenvalue weighted by Gasteiger charge is -2.09. The minimum absolute atomic E-state index is 0. The van der Waals surface area contributed by atoms with E-state index in [1.165, 1.54) is 0 Å². The Balaban J connectivity index is 0.00000161. The van der Waals surface area contributed by atoms with Crippen molar-refractivity contribution in [3.63, 3.8) is 0 Å². The summed E-state index contributed by atoms with van der Waals surface area (Å²) in [6.07, 6.45) is 0. The molecule has 2 N–H and O–H groups in total. The van der Waals surface area contributed by atoms with Gasteiger partial charge in [0.2, 0.25) is 5.76 Å². The third-order valence-corrected chi connectivity index (χ3v) is 3.02. The molecule has 0 spiro atoms. The molecular weight excluding hydrogens is 294 g/mol. The summed E-state index contributed by atoms with van der Waals surface area (Å²) >= 11 is 0. The number of hydrogen-bond donors (Lipinski definition) is 2. The maximum atomic E-state index is 12.0. The molecule has 1 aliphatic heterocycles. The summed E-state index contributed by atoms with van der Waals surface area (Å²) in [4.78, 5) is 12.0. The molecule has 1 aromatic carbocycles. The molecule has 1 amide bonds. The van der Waals surface area contributed by atoms with Crippen molar-refractivity contribution in [2.24, 2.45) is 0 Å². The Kier molecular flexibility index (Phi) is 4.82. The number of amides is 1. The Bertz CT molecular complexity index is 642. The van der Waals surface area contributed by atoms with Crippen molar-refractivity contribution in [1.82, 2.24) is 10.5 Å². The van der Waals surface area contributed by atoms with Crippen LogP contribution >= 0.6 is 12.4 Å². The lowest BCUT2D eigenvalue weighted by atomic mass is 10.1. The van der Waals surface area contributed by atoms with Gasteiger partial charge in [-0.25, -0.2) is 0 Å². The molecular formula is C14H16ClN3O3. The van der Waals surface area contributed by atoms with Crippen molar-refractivity contribution in [3.8, 4) is 5.75 Å². The third-order valence-electron chi connectivity index (χ3n) is 3.02. The highest BCUT2D eigenvalue weighted by molar-refractivity contribution is 6.02. The Labute approximate surface area is 128 Å². The van der Waals surface area contributed by atoms with Crippen LogP contribution in [0.1, 0.15) is 21.8 Å². The van der Waals surface area contributed by atoms with Crippen LogP contribution in [0.4, 0.5) is 5.69 Å². The van der Waals surface area contributed by atoms with Gasteiger partial charge in [0, 0.05) is 30.4 Å². The minimum atomic E-state index is -0.312. The van der Waals surface area contributed by atoms with Crippen LogP contribution in [0.3, 0.4) is 0 Å². The van der Waals surface area contributed by atoms with Gasteiger partial charge >= 0.3 is 0 Å². The number of aryl methyl sites for hydroxylation is 1. The molecule has 7 heteroatoms. The standard InChI is InChI=1S/C14H15N3O3.ClH/c1-9-6-13(20-17-9)14(18)16-11-2-3-12-10(7-11)8-15-4-5-19-12;/h2-3,6-7,15H,4-5,8H2,1H3,(H,16,18);1H. The maximum absolute atomic E-state index is 12.0. The first-order chi connectivity index (χ1) is 9.72. The van der Waals surface area contributed by atoms with Gasteiger partial charge in [-0.15, -0.1) is 12.4 Å². The van der Waals surface area contributed by atoms with Crippen molar-refractivity contribution >= 4 is 24.0 Å². The van der Waals surface area contributed by atoms with E-state index in [9.17, 15) is 4.79 Å². The molecule has 0 saturated heterocycles. The van der Waals surface area contributed by atoms with Crippen LogP contribution in [0.5, 0.6) is 5.75 Å². The Morgan fingerprint density at radius 3 is 3.00 bits per heavy atom. The number of carbonyl (C=O) groups excluding carboxylic acids is 1. The third kappa shape index (κ3) is 3.53. The van der Waals surface area contributed by atoms with E-state index in [2.05, 4.69) is 15.8 Å². The summed E-state index contributed by atoms with van der Waals surface area (Å²) in [6.45, 7) is 3.95. The highest BCUT2D eigenvalue weighted by Gasteiger charge is 2.14. The van der Waals surface area contributed by atoms with Crippen LogP contribution in [0, 0.1) is 6.92 Å². The first kappa shape index (κ1) is 15.3. The van der Waals surface area contributed by atoms with E-state index in [-0.39, 0.29) is 24.1 Å². The SMILES string of the molecule is Cc1cc(C(=O)Nc2ccc3c(c2)CNCCO3)on1.Cl. The van der Waals surface area contributed by atoms with E-state index in [1.54, 1.807) is 13.0 Å². The number of fused-ring (bicyclic) bond motifs is 1. The average Bonchev–Trinajstić information content (AvgIpc) is 2.74. The summed E-state index contributed by atoms with van der Waals surface area (Å²) in [5.41, 5.74) is 2.40. The zero-order chi connectivity index (χ0) is 13.9. The molecule has 0 bridgehead atoms. The van der Waals surface area contributed by atoms with E-state index in [4.69, 9.17) is 9.26 Å². The average molecular weight is 310 g/mol. The van der Waals surface area contributed by atoms with Crippen LogP contribution in [-0.4, -0.2) is 24.2 Å². The topological polar surface area (TPSA) is 76.4 Å². The quantitative estimate of drug-likeness (QED) is 0.889. The van der Waals surface area contributed by atoms with Gasteiger partial charge in [-0.1, -0.05) is 5.16 Å². The highest BCUT2D eigenvalue weighted by atomic mass is 35.5. The maximum Gasteiger partial charge on any atom is 0.294 e. The Hall–Kier alpha value is -2.05. The molecule has 2 heterocycles. The van der Waals surface area contributed by atoms with Gasteiger partial charge < -0.3 is 19.9 Å². The summed E-state index contributed by atoms with van der Waals surface area (Å²) in [6, 6.07) is 7.17. The van der Waals surface area contributed by atoms with Gasteiger partial charge in [0.1, 0.15) is 12.4 Å². The summed E-state index contributed by atoms with van der Waals surface area (Å²) in [7, 11) is 0. The second-order valence-electron chi connectivity index (χ2n) is 4.63. The fraction of sp³-hybridized carbons (Fsp3) is 0.286. The van der Waals surface area contributed by atoms with Crippen LogP contribution in [-0.2, 0) is 6.54 Å². The number of halogens is 1. The van der Waals surface area contributed by atoms with Crippen molar-refractivity contribution < 1.29 is 14.1 Å². The number of nitrogens with one attached hydrogen (secondary N) is 2. The smallest absolute Gasteiger partial charge is 0.294 e. The second kappa shape index (κ2) is 6.60. The van der Waals surface area contributed by atoms with Gasteiger partial charge in [-0.2, -0.15) is 0 Å². The fourth-order valence-corrected chi connectivity index (χ4v) is 2.06. The molecule has 112 valence electrons. The van der Waals surface area contributed by atoms with Gasteiger partial charge in [0.15, 0.2) is 0 Å². The molecule has 0 unspecified atom stereocenters. The summed E-state index contributed by atoms with van der Waals surface area (Å²) < 4.78 is 10.5. The molecule has 21 heavy (non-hydrogen) atoms. The predicted molar refractivity (Wildman–Crippen MR) is 80.1 cm³/mol. The Morgan fingerprint density at radius 2 is 2.24 bits per heavy atom.